The molecule has 1 heterocycles. The molecule has 1 aliphatic heterocycles. The van der Waals surface area contributed by atoms with E-state index in [9.17, 15) is 9.59 Å². The summed E-state index contributed by atoms with van der Waals surface area (Å²) in [5.74, 6) is 0.204. The van der Waals surface area contributed by atoms with Gasteiger partial charge in [-0.25, -0.2) is 0 Å². The third-order valence-corrected chi connectivity index (χ3v) is 7.94. The Balaban J connectivity index is 1.69. The van der Waals surface area contributed by atoms with Gasteiger partial charge in [-0.15, -0.1) is 0 Å². The lowest BCUT2D eigenvalue weighted by Gasteiger charge is -2.48. The van der Waals surface area contributed by atoms with E-state index in [1.165, 1.54) is 12.5 Å². The first-order chi connectivity index (χ1) is 19.2. The highest BCUT2D eigenvalue weighted by atomic mass is 35.5. The lowest BCUT2D eigenvalue weighted by atomic mass is 9.92. The molecule has 1 aliphatic rings. The number of hydrogen-bond acceptors (Lipinski definition) is 5. The van der Waals surface area contributed by atoms with E-state index < -0.39 is 0 Å². The molecular weight excluding hydrogens is 522 g/mol. The molecule has 3 aromatic carbocycles. The van der Waals surface area contributed by atoms with Gasteiger partial charge in [0.05, 0.1) is 6.04 Å². The van der Waals surface area contributed by atoms with Crippen LogP contribution in [0.15, 0.2) is 72.8 Å². The van der Waals surface area contributed by atoms with Gasteiger partial charge in [-0.2, -0.15) is 0 Å². The summed E-state index contributed by atoms with van der Waals surface area (Å²) in [7, 11) is 0. The Hall–Kier alpha value is -3.19. The predicted octanol–water partition coefficient (Wildman–Crippen LogP) is 6.43. The highest BCUT2D eigenvalue weighted by Gasteiger charge is 2.35. The van der Waals surface area contributed by atoms with Gasteiger partial charge in [0, 0.05) is 62.3 Å². The maximum absolute atomic E-state index is 13.3. The number of amides is 1. The molecule has 4 rings (SSSR count). The van der Waals surface area contributed by atoms with Crippen LogP contribution in [-0.2, 0) is 11.3 Å². The van der Waals surface area contributed by atoms with Crippen LogP contribution in [0.5, 0.6) is 5.75 Å². The zero-order valence-corrected chi connectivity index (χ0v) is 24.9. The van der Waals surface area contributed by atoms with E-state index in [1.54, 1.807) is 6.07 Å². The van der Waals surface area contributed by atoms with Crippen LogP contribution in [0.2, 0.25) is 5.02 Å². The standard InChI is InChI=1S/C33H40ClN3O3/c1-6-35(7-2)33(39)29-14-9-12-27(18-29)32(28-13-10-16-31(19-28)40-25(5)38)37-21-23(3)36(20-24(37)4)22-26-11-8-15-30(34)17-26/h8-19,23-24,32H,6-7,20-22H2,1-5H3/t23-,24+,32-/m1/s1. The fourth-order valence-corrected chi connectivity index (χ4v) is 5.91. The zero-order chi connectivity index (χ0) is 28.8. The second-order valence-electron chi connectivity index (χ2n) is 10.6. The molecule has 0 aromatic heterocycles. The number of carbonyl (C=O) groups excluding carboxylic acids is 2. The molecule has 3 atom stereocenters. The number of carbonyl (C=O) groups is 2. The Bertz CT molecular complexity index is 1330. The monoisotopic (exact) mass is 561 g/mol. The molecule has 212 valence electrons. The van der Waals surface area contributed by atoms with Crippen molar-refractivity contribution in [3.63, 3.8) is 0 Å². The number of halogens is 1. The van der Waals surface area contributed by atoms with Gasteiger partial charge in [0.25, 0.3) is 5.91 Å². The van der Waals surface area contributed by atoms with Crippen molar-refractivity contribution in [3.05, 3.63) is 100 Å². The highest BCUT2D eigenvalue weighted by molar-refractivity contribution is 6.30. The molecule has 7 heteroatoms. The van der Waals surface area contributed by atoms with E-state index in [1.807, 2.05) is 67.3 Å². The van der Waals surface area contributed by atoms with E-state index in [4.69, 9.17) is 16.3 Å². The fourth-order valence-electron chi connectivity index (χ4n) is 5.70. The maximum atomic E-state index is 13.3. The summed E-state index contributed by atoms with van der Waals surface area (Å²) in [6.07, 6.45) is 0. The van der Waals surface area contributed by atoms with Gasteiger partial charge >= 0.3 is 5.97 Å². The van der Waals surface area contributed by atoms with Crippen molar-refractivity contribution >= 4 is 23.5 Å². The van der Waals surface area contributed by atoms with E-state index in [0.717, 1.165) is 35.8 Å². The Morgan fingerprint density at radius 1 is 0.925 bits per heavy atom. The summed E-state index contributed by atoms with van der Waals surface area (Å²) < 4.78 is 5.45. The molecule has 0 aliphatic carbocycles. The summed E-state index contributed by atoms with van der Waals surface area (Å²) in [6, 6.07) is 24.2. The van der Waals surface area contributed by atoms with E-state index in [2.05, 4.69) is 41.8 Å². The van der Waals surface area contributed by atoms with Gasteiger partial charge in [-0.3, -0.25) is 19.4 Å². The van der Waals surface area contributed by atoms with Crippen LogP contribution in [-0.4, -0.2) is 64.8 Å². The topological polar surface area (TPSA) is 53.1 Å². The molecule has 6 nitrogen and oxygen atoms in total. The largest absolute Gasteiger partial charge is 0.427 e. The smallest absolute Gasteiger partial charge is 0.308 e. The van der Waals surface area contributed by atoms with Gasteiger partial charge in [-0.05, 0) is 80.8 Å². The van der Waals surface area contributed by atoms with Gasteiger partial charge < -0.3 is 9.64 Å². The zero-order valence-electron chi connectivity index (χ0n) is 24.1. The average molecular weight is 562 g/mol. The lowest BCUT2D eigenvalue weighted by Crippen LogP contribution is -2.56. The van der Waals surface area contributed by atoms with Crippen LogP contribution >= 0.6 is 11.6 Å². The van der Waals surface area contributed by atoms with E-state index in [0.29, 0.717) is 24.4 Å². The predicted molar refractivity (Wildman–Crippen MR) is 161 cm³/mol. The molecule has 1 saturated heterocycles. The van der Waals surface area contributed by atoms with Gasteiger partial charge in [0.15, 0.2) is 0 Å². The SMILES string of the molecule is CCN(CC)C(=O)c1cccc([C@H](c2cccc(OC(C)=O)c2)N2C[C@@H](C)N(Cc3cccc(Cl)c3)C[C@@H]2C)c1. The molecule has 0 bridgehead atoms. The van der Waals surface area contributed by atoms with Crippen LogP contribution < -0.4 is 4.74 Å². The normalized spacial score (nSPS) is 18.8. The van der Waals surface area contributed by atoms with Crippen molar-refractivity contribution in [2.45, 2.75) is 59.3 Å². The molecule has 0 radical (unpaired) electrons. The van der Waals surface area contributed by atoms with Crippen LogP contribution in [0.3, 0.4) is 0 Å². The molecule has 0 unspecified atom stereocenters. The number of nitrogens with zero attached hydrogens (tertiary/aromatic N) is 3. The van der Waals surface area contributed by atoms with Crippen molar-refractivity contribution in [2.75, 3.05) is 26.2 Å². The van der Waals surface area contributed by atoms with Crippen LogP contribution in [0, 0.1) is 0 Å². The number of ether oxygens (including phenoxy) is 1. The van der Waals surface area contributed by atoms with Gasteiger partial charge in [-0.1, -0.05) is 48.0 Å². The van der Waals surface area contributed by atoms with E-state index in [-0.39, 0.29) is 30.0 Å². The average Bonchev–Trinajstić information content (AvgIpc) is 2.92. The fraction of sp³-hybridized carbons (Fsp3) is 0.394. The second-order valence-corrected chi connectivity index (χ2v) is 11.1. The Labute approximate surface area is 243 Å². The van der Waals surface area contributed by atoms with Crippen molar-refractivity contribution in [1.82, 2.24) is 14.7 Å². The molecule has 0 spiro atoms. The molecular formula is C33H40ClN3O3. The van der Waals surface area contributed by atoms with E-state index >= 15 is 0 Å². The minimum absolute atomic E-state index is 0.0343. The Morgan fingerprint density at radius 2 is 1.60 bits per heavy atom. The van der Waals surface area contributed by atoms with Gasteiger partial charge in [0.1, 0.15) is 5.75 Å². The first-order valence-corrected chi connectivity index (χ1v) is 14.5. The number of benzene rings is 3. The van der Waals surface area contributed by atoms with Crippen molar-refractivity contribution < 1.29 is 14.3 Å². The quantitative estimate of drug-likeness (QED) is 0.222. The molecule has 40 heavy (non-hydrogen) atoms. The maximum Gasteiger partial charge on any atom is 0.308 e. The number of piperazine rings is 1. The number of hydrogen-bond donors (Lipinski definition) is 0. The first-order valence-electron chi connectivity index (χ1n) is 14.1. The summed E-state index contributed by atoms with van der Waals surface area (Å²) in [5.41, 5.74) is 3.95. The van der Waals surface area contributed by atoms with Crippen molar-refractivity contribution in [3.8, 4) is 5.75 Å². The Morgan fingerprint density at radius 3 is 2.27 bits per heavy atom. The minimum atomic E-state index is -0.350. The summed E-state index contributed by atoms with van der Waals surface area (Å²) in [6.45, 7) is 13.8. The van der Waals surface area contributed by atoms with Crippen LogP contribution in [0.1, 0.15) is 67.7 Å². The highest BCUT2D eigenvalue weighted by Crippen LogP contribution is 2.35. The molecule has 1 fully saturated rings. The summed E-state index contributed by atoms with van der Waals surface area (Å²) in [4.78, 5) is 31.8. The van der Waals surface area contributed by atoms with Crippen molar-refractivity contribution in [1.29, 1.82) is 0 Å². The third kappa shape index (κ3) is 7.11. The third-order valence-electron chi connectivity index (χ3n) is 7.70. The van der Waals surface area contributed by atoms with Crippen LogP contribution in [0.4, 0.5) is 0 Å². The summed E-state index contributed by atoms with van der Waals surface area (Å²) in [5, 5.41) is 0.753. The Kier molecular flexibility index (Phi) is 10.0. The molecule has 0 saturated carbocycles. The van der Waals surface area contributed by atoms with Crippen LogP contribution in [0.25, 0.3) is 0 Å². The van der Waals surface area contributed by atoms with Gasteiger partial charge in [0.2, 0.25) is 0 Å². The van der Waals surface area contributed by atoms with Crippen molar-refractivity contribution in [2.24, 2.45) is 0 Å². The number of rotatable bonds is 9. The molecule has 0 N–H and O–H groups in total. The molecule has 1 amide bonds. The second kappa shape index (κ2) is 13.4. The lowest BCUT2D eigenvalue weighted by molar-refractivity contribution is -0.131. The number of esters is 1. The minimum Gasteiger partial charge on any atom is -0.427 e. The first kappa shape index (κ1) is 29.8. The molecule has 3 aromatic rings. The summed E-state index contributed by atoms with van der Waals surface area (Å²) >= 11 is 6.26.